The van der Waals surface area contributed by atoms with Crippen LogP contribution in [0.15, 0.2) is 64.4 Å². The first kappa shape index (κ1) is 29.6. The molecule has 1 unspecified atom stereocenters. The van der Waals surface area contributed by atoms with Crippen molar-refractivity contribution in [1.82, 2.24) is 4.57 Å². The Balaban J connectivity index is 1.75. The molecule has 2 heterocycles. The number of fused-ring (bicyclic) bond motifs is 1. The zero-order valence-corrected chi connectivity index (χ0v) is 25.7. The molecule has 0 fully saturated rings. The molecular weight excluding hydrogens is 572 g/mol. The molecule has 0 saturated heterocycles. The lowest BCUT2D eigenvalue weighted by atomic mass is 10.0. The molecule has 0 aliphatic carbocycles. The number of aromatic nitrogens is 1. The fourth-order valence-corrected chi connectivity index (χ4v) is 5.96. The van der Waals surface area contributed by atoms with E-state index in [4.69, 9.17) is 38.2 Å². The van der Waals surface area contributed by atoms with Crippen molar-refractivity contribution in [3.63, 3.8) is 0 Å². The fourth-order valence-electron chi connectivity index (χ4n) is 4.94. The maximum Gasteiger partial charge on any atom is 0.271 e. The van der Waals surface area contributed by atoms with E-state index in [9.17, 15) is 4.79 Å². The Labute approximate surface area is 252 Å². The van der Waals surface area contributed by atoms with Crippen LogP contribution < -0.4 is 48.1 Å². The third-order valence-corrected chi connectivity index (χ3v) is 8.04. The van der Waals surface area contributed by atoms with E-state index < -0.39 is 6.04 Å². The lowest BCUT2D eigenvalue weighted by Gasteiger charge is -2.22. The SMILES string of the molecule is COc1ccc(/C=c2\sc3n(c2=O)C(c2cc(OC)c(OC)c(OC)c2)C=C(c2ccc(OC)c(OC)c2)N=3)cc1OC. The number of allylic oxidation sites excluding steroid dienone is 1. The summed E-state index contributed by atoms with van der Waals surface area (Å²) in [6.45, 7) is 0. The summed E-state index contributed by atoms with van der Waals surface area (Å²) < 4.78 is 40.8. The molecule has 0 N–H and O–H groups in total. The number of benzene rings is 3. The van der Waals surface area contributed by atoms with E-state index in [-0.39, 0.29) is 5.56 Å². The average Bonchev–Trinajstić information content (AvgIpc) is 3.37. The molecule has 0 bridgehead atoms. The first-order chi connectivity index (χ1) is 20.9. The van der Waals surface area contributed by atoms with Gasteiger partial charge in [0.2, 0.25) is 5.75 Å². The Morgan fingerprint density at radius 1 is 0.698 bits per heavy atom. The summed E-state index contributed by atoms with van der Waals surface area (Å²) in [5.74, 6) is 3.74. The van der Waals surface area contributed by atoms with Gasteiger partial charge in [-0.3, -0.25) is 9.36 Å². The molecular formula is C32H32N2O8S. The maximum atomic E-state index is 14.0. The van der Waals surface area contributed by atoms with Gasteiger partial charge in [-0.15, -0.1) is 0 Å². The Morgan fingerprint density at radius 2 is 1.28 bits per heavy atom. The second-order valence-corrected chi connectivity index (χ2v) is 10.3. The second-order valence-electron chi connectivity index (χ2n) is 9.32. The predicted molar refractivity (Wildman–Crippen MR) is 164 cm³/mol. The number of hydrogen-bond donors (Lipinski definition) is 0. The van der Waals surface area contributed by atoms with Crippen LogP contribution in [0.25, 0.3) is 11.8 Å². The molecule has 5 rings (SSSR count). The summed E-state index contributed by atoms with van der Waals surface area (Å²) in [6, 6.07) is 14.2. The molecule has 0 radical (unpaired) electrons. The van der Waals surface area contributed by atoms with E-state index >= 15 is 0 Å². The molecule has 1 aliphatic heterocycles. The Bertz CT molecular complexity index is 1850. The average molecular weight is 605 g/mol. The van der Waals surface area contributed by atoms with Crippen molar-refractivity contribution in [2.24, 2.45) is 4.99 Å². The van der Waals surface area contributed by atoms with Gasteiger partial charge in [-0.1, -0.05) is 17.4 Å². The van der Waals surface area contributed by atoms with Gasteiger partial charge in [0, 0.05) is 5.56 Å². The van der Waals surface area contributed by atoms with Crippen molar-refractivity contribution in [2.45, 2.75) is 6.04 Å². The van der Waals surface area contributed by atoms with Crippen LogP contribution in [0.5, 0.6) is 40.2 Å². The van der Waals surface area contributed by atoms with Gasteiger partial charge in [0.25, 0.3) is 5.56 Å². The molecule has 4 aromatic rings. The van der Waals surface area contributed by atoms with E-state index in [2.05, 4.69) is 0 Å². The number of methoxy groups -OCH3 is 7. The van der Waals surface area contributed by atoms with Crippen molar-refractivity contribution < 1.29 is 33.2 Å². The third kappa shape index (κ3) is 5.51. The quantitative estimate of drug-likeness (QED) is 0.267. The molecule has 0 saturated carbocycles. The second kappa shape index (κ2) is 12.5. The Morgan fingerprint density at radius 3 is 1.86 bits per heavy atom. The predicted octanol–water partition coefficient (Wildman–Crippen LogP) is 4.06. The monoisotopic (exact) mass is 604 g/mol. The largest absolute Gasteiger partial charge is 0.493 e. The van der Waals surface area contributed by atoms with Crippen LogP contribution in [0.2, 0.25) is 0 Å². The van der Waals surface area contributed by atoms with Gasteiger partial charge < -0.3 is 33.2 Å². The molecule has 0 spiro atoms. The first-order valence-electron chi connectivity index (χ1n) is 13.2. The van der Waals surface area contributed by atoms with Gasteiger partial charge in [0.05, 0.1) is 66.0 Å². The third-order valence-electron chi connectivity index (χ3n) is 7.06. The van der Waals surface area contributed by atoms with Crippen molar-refractivity contribution in [3.05, 3.63) is 91.0 Å². The first-order valence-corrected chi connectivity index (χ1v) is 14.0. The number of hydrogen-bond acceptors (Lipinski definition) is 10. The number of rotatable bonds is 10. The molecule has 43 heavy (non-hydrogen) atoms. The van der Waals surface area contributed by atoms with Crippen molar-refractivity contribution >= 4 is 23.1 Å². The summed E-state index contributed by atoms with van der Waals surface area (Å²) in [4.78, 5) is 19.5. The zero-order valence-electron chi connectivity index (χ0n) is 24.9. The molecule has 10 nitrogen and oxygen atoms in total. The normalized spacial score (nSPS) is 14.3. The maximum absolute atomic E-state index is 14.0. The molecule has 1 atom stereocenters. The summed E-state index contributed by atoms with van der Waals surface area (Å²) in [5.41, 5.74) is 2.80. The van der Waals surface area contributed by atoms with Crippen LogP contribution in [0.4, 0.5) is 0 Å². The number of ether oxygens (including phenoxy) is 7. The van der Waals surface area contributed by atoms with Crippen molar-refractivity contribution in [1.29, 1.82) is 0 Å². The highest BCUT2D eigenvalue weighted by atomic mass is 32.1. The lowest BCUT2D eigenvalue weighted by molar-refractivity contribution is 0.323. The van der Waals surface area contributed by atoms with Crippen LogP contribution in [0.1, 0.15) is 22.7 Å². The summed E-state index contributed by atoms with van der Waals surface area (Å²) in [5, 5.41) is 0. The minimum atomic E-state index is -0.541. The highest BCUT2D eigenvalue weighted by Crippen LogP contribution is 2.41. The van der Waals surface area contributed by atoms with E-state index in [1.807, 2.05) is 54.6 Å². The van der Waals surface area contributed by atoms with Crippen LogP contribution in [0, 0.1) is 0 Å². The summed E-state index contributed by atoms with van der Waals surface area (Å²) in [6.07, 6.45) is 3.75. The highest BCUT2D eigenvalue weighted by molar-refractivity contribution is 7.07. The van der Waals surface area contributed by atoms with E-state index in [0.29, 0.717) is 55.3 Å². The van der Waals surface area contributed by atoms with Gasteiger partial charge in [-0.25, -0.2) is 4.99 Å². The fraction of sp³-hybridized carbons (Fsp3) is 0.250. The van der Waals surface area contributed by atoms with E-state index in [1.54, 1.807) is 60.4 Å². The van der Waals surface area contributed by atoms with E-state index in [1.165, 1.54) is 11.3 Å². The van der Waals surface area contributed by atoms with Gasteiger partial charge in [-0.2, -0.15) is 0 Å². The standard InChI is InChI=1S/C32H32N2O8S/c1-36-23-10-8-18(12-25(23)38-3)13-29-31(35)34-22(20-15-27(40-5)30(42-7)28(16-20)41-6)17-21(33-32(34)43-29)19-9-11-24(37-2)26(14-19)39-4/h8-17,22H,1-7H3/b29-13-. The van der Waals surface area contributed by atoms with Gasteiger partial charge in [-0.05, 0) is 65.7 Å². The molecule has 3 aromatic carbocycles. The highest BCUT2D eigenvalue weighted by Gasteiger charge is 2.26. The molecule has 224 valence electrons. The molecule has 1 aromatic heterocycles. The van der Waals surface area contributed by atoms with Crippen LogP contribution in [-0.2, 0) is 0 Å². The zero-order chi connectivity index (χ0) is 30.7. The van der Waals surface area contributed by atoms with Crippen molar-refractivity contribution in [2.75, 3.05) is 49.8 Å². The topological polar surface area (TPSA) is 99.0 Å². The van der Waals surface area contributed by atoms with Gasteiger partial charge in [0.15, 0.2) is 39.3 Å². The van der Waals surface area contributed by atoms with Gasteiger partial charge >= 0.3 is 0 Å². The summed E-state index contributed by atoms with van der Waals surface area (Å²) >= 11 is 1.29. The van der Waals surface area contributed by atoms with E-state index in [0.717, 1.165) is 16.7 Å². The number of nitrogens with zero attached hydrogens (tertiary/aromatic N) is 2. The van der Waals surface area contributed by atoms with Crippen LogP contribution >= 0.6 is 11.3 Å². The smallest absolute Gasteiger partial charge is 0.271 e. The Hall–Kier alpha value is -4.90. The van der Waals surface area contributed by atoms with Crippen molar-refractivity contribution in [3.8, 4) is 40.2 Å². The van der Waals surface area contributed by atoms with Gasteiger partial charge in [0.1, 0.15) is 0 Å². The Kier molecular flexibility index (Phi) is 8.63. The van der Waals surface area contributed by atoms with Crippen LogP contribution in [-0.4, -0.2) is 54.3 Å². The van der Waals surface area contributed by atoms with Crippen LogP contribution in [0.3, 0.4) is 0 Å². The minimum absolute atomic E-state index is 0.195. The summed E-state index contributed by atoms with van der Waals surface area (Å²) in [7, 11) is 11.0. The number of thiazole rings is 1. The molecule has 1 aliphatic rings. The minimum Gasteiger partial charge on any atom is -0.493 e. The molecule has 0 amide bonds. The molecule has 11 heteroatoms. The lowest BCUT2D eigenvalue weighted by Crippen LogP contribution is -2.36.